The molecule has 10 heteroatoms. The van der Waals surface area contributed by atoms with Crippen LogP contribution >= 0.6 is 0 Å². The molecule has 0 heterocycles. The van der Waals surface area contributed by atoms with Gasteiger partial charge in [-0.25, -0.2) is 26.0 Å². The molecule has 3 aromatic rings. The number of carbonyl (C=O) groups is 1. The zero-order chi connectivity index (χ0) is 27.3. The molecule has 3 rings (SSSR count). The monoisotopic (exact) mass is 547 g/mol. The number of amides is 1. The molecule has 0 fully saturated rings. The van der Waals surface area contributed by atoms with Crippen LogP contribution in [0.5, 0.6) is 0 Å². The Hall–Kier alpha value is -3.24. The van der Waals surface area contributed by atoms with Gasteiger partial charge < -0.3 is 10.1 Å². The lowest BCUT2D eigenvalue weighted by molar-refractivity contribution is 0.0744. The Morgan fingerprint density at radius 2 is 1.19 bits per heavy atom. The second kappa shape index (κ2) is 11.0. The van der Waals surface area contributed by atoms with Crippen molar-refractivity contribution in [2.24, 2.45) is 0 Å². The van der Waals surface area contributed by atoms with E-state index in [1.54, 1.807) is 51.1 Å². The topological polar surface area (TPSA) is 107 Å². The molecule has 0 saturated carbocycles. The molecular formula is C27H30FNO6S2. The van der Waals surface area contributed by atoms with E-state index in [-0.39, 0.29) is 6.42 Å². The highest BCUT2D eigenvalue weighted by Gasteiger charge is 2.58. The van der Waals surface area contributed by atoms with Crippen molar-refractivity contribution < 1.29 is 30.8 Å². The molecule has 0 radical (unpaired) electrons. The quantitative estimate of drug-likeness (QED) is 0.400. The molecule has 1 amide bonds. The maximum absolute atomic E-state index is 17.1. The van der Waals surface area contributed by atoms with E-state index in [1.165, 1.54) is 36.4 Å². The molecule has 0 aromatic heterocycles. The molecule has 0 aliphatic rings. The largest absolute Gasteiger partial charge is 0.446 e. The lowest BCUT2D eigenvalue weighted by atomic mass is 10.1. The van der Waals surface area contributed by atoms with Crippen LogP contribution < -0.4 is 5.32 Å². The third kappa shape index (κ3) is 6.56. The van der Waals surface area contributed by atoms with Crippen molar-refractivity contribution in [3.05, 3.63) is 96.6 Å². The normalized spacial score (nSPS) is 13.5. The van der Waals surface area contributed by atoms with E-state index >= 15 is 4.39 Å². The van der Waals surface area contributed by atoms with E-state index < -0.39 is 58.0 Å². The molecule has 7 nitrogen and oxygen atoms in total. The summed E-state index contributed by atoms with van der Waals surface area (Å²) >= 11 is 0. The Balaban J connectivity index is 2.14. The standard InChI is InChI=1S/C27H30FNO6S2/c1-26(2,3)29-25(30)35-22(19-21-13-7-4-8-14-21)20-27(28,36(31,32)23-15-9-5-10-16-23)37(33,34)24-17-11-6-12-18-24/h4-18,22H,19-20H2,1-3H3,(H,29,30)/t22-/m0/s1. The number of rotatable bonds is 9. The molecule has 198 valence electrons. The molecule has 0 saturated heterocycles. The van der Waals surface area contributed by atoms with Crippen molar-refractivity contribution in [1.82, 2.24) is 5.32 Å². The van der Waals surface area contributed by atoms with Crippen molar-refractivity contribution in [2.75, 3.05) is 0 Å². The van der Waals surface area contributed by atoms with Crippen LogP contribution in [0.25, 0.3) is 0 Å². The van der Waals surface area contributed by atoms with Crippen LogP contribution in [0.4, 0.5) is 9.18 Å². The van der Waals surface area contributed by atoms with Gasteiger partial charge in [-0.15, -0.1) is 0 Å². The average molecular weight is 548 g/mol. The van der Waals surface area contributed by atoms with Gasteiger partial charge in [0.05, 0.1) is 9.79 Å². The van der Waals surface area contributed by atoms with Crippen molar-refractivity contribution in [2.45, 2.75) is 59.4 Å². The van der Waals surface area contributed by atoms with Crippen LogP contribution in [-0.4, -0.2) is 38.9 Å². The fourth-order valence-corrected chi connectivity index (χ4v) is 7.98. The van der Waals surface area contributed by atoms with Gasteiger partial charge in [-0.2, -0.15) is 0 Å². The van der Waals surface area contributed by atoms with Gasteiger partial charge in [-0.05, 0) is 50.6 Å². The molecular weight excluding hydrogens is 517 g/mol. The number of sulfone groups is 2. The van der Waals surface area contributed by atoms with Crippen LogP contribution in [0.1, 0.15) is 32.8 Å². The molecule has 3 aromatic carbocycles. The lowest BCUT2D eigenvalue weighted by Gasteiger charge is -2.30. The number of ether oxygens (including phenoxy) is 1. The molecule has 1 N–H and O–H groups in total. The molecule has 37 heavy (non-hydrogen) atoms. The summed E-state index contributed by atoms with van der Waals surface area (Å²) in [6.07, 6.45) is -3.62. The predicted octanol–water partition coefficient (Wildman–Crippen LogP) is 5.08. The van der Waals surface area contributed by atoms with E-state index in [1.807, 2.05) is 0 Å². The zero-order valence-electron chi connectivity index (χ0n) is 20.8. The van der Waals surface area contributed by atoms with Crippen LogP contribution in [-0.2, 0) is 30.8 Å². The van der Waals surface area contributed by atoms with Crippen molar-refractivity contribution in [3.63, 3.8) is 0 Å². The number of benzene rings is 3. The Morgan fingerprint density at radius 1 is 0.784 bits per heavy atom. The smallest absolute Gasteiger partial charge is 0.407 e. The van der Waals surface area contributed by atoms with Crippen LogP contribution in [0, 0.1) is 0 Å². The van der Waals surface area contributed by atoms with Gasteiger partial charge in [0.2, 0.25) is 19.7 Å². The summed E-state index contributed by atoms with van der Waals surface area (Å²) in [5.74, 6) is 0. The highest BCUT2D eigenvalue weighted by atomic mass is 32.3. The van der Waals surface area contributed by atoms with Gasteiger partial charge in [0, 0.05) is 18.4 Å². The van der Waals surface area contributed by atoms with Gasteiger partial charge >= 0.3 is 10.4 Å². The number of hydrogen-bond acceptors (Lipinski definition) is 6. The van der Waals surface area contributed by atoms with E-state index in [9.17, 15) is 21.6 Å². The number of halogens is 1. The fraction of sp³-hybridized carbons (Fsp3) is 0.296. The zero-order valence-corrected chi connectivity index (χ0v) is 22.4. The van der Waals surface area contributed by atoms with E-state index in [4.69, 9.17) is 4.74 Å². The Bertz CT molecular complexity index is 1340. The molecule has 0 aliphatic carbocycles. The first kappa shape index (κ1) is 28.3. The van der Waals surface area contributed by atoms with E-state index in [2.05, 4.69) is 5.32 Å². The van der Waals surface area contributed by atoms with E-state index in [0.717, 1.165) is 24.3 Å². The molecule has 0 spiro atoms. The fourth-order valence-electron chi connectivity index (χ4n) is 3.71. The maximum Gasteiger partial charge on any atom is 0.407 e. The van der Waals surface area contributed by atoms with Gasteiger partial charge in [-0.1, -0.05) is 66.7 Å². The SMILES string of the molecule is CC(C)(C)NC(=O)O[C@@H](Cc1ccccc1)CC(F)(S(=O)(=O)c1ccccc1)S(=O)(=O)c1ccccc1. The molecule has 0 unspecified atom stereocenters. The number of hydrogen-bond donors (Lipinski definition) is 1. The van der Waals surface area contributed by atoms with Crippen molar-refractivity contribution in [1.29, 1.82) is 0 Å². The minimum absolute atomic E-state index is 0.112. The first-order chi connectivity index (χ1) is 17.3. The van der Waals surface area contributed by atoms with Gasteiger partial charge in [0.1, 0.15) is 6.10 Å². The summed E-state index contributed by atoms with van der Waals surface area (Å²) < 4.78 is 73.4. The minimum atomic E-state index is -5.13. The van der Waals surface area contributed by atoms with Gasteiger partial charge in [0.15, 0.2) is 0 Å². The number of carbonyl (C=O) groups excluding carboxylic acids is 1. The van der Waals surface area contributed by atoms with Gasteiger partial charge in [-0.3, -0.25) is 0 Å². The number of alkyl halides is 1. The van der Waals surface area contributed by atoms with Crippen LogP contribution in [0.15, 0.2) is 101 Å². The summed E-state index contributed by atoms with van der Waals surface area (Å²) in [5.41, 5.74) is -0.0967. The lowest BCUT2D eigenvalue weighted by Crippen LogP contribution is -2.48. The summed E-state index contributed by atoms with van der Waals surface area (Å²) in [7, 11) is -10.3. The molecule has 0 aliphatic heterocycles. The Morgan fingerprint density at radius 3 is 1.59 bits per heavy atom. The highest BCUT2D eigenvalue weighted by Crippen LogP contribution is 2.41. The van der Waals surface area contributed by atoms with Crippen LogP contribution in [0.3, 0.4) is 0 Å². The number of nitrogens with one attached hydrogen (secondary N) is 1. The second-order valence-electron chi connectivity index (χ2n) is 9.59. The highest BCUT2D eigenvalue weighted by molar-refractivity contribution is 8.10. The summed E-state index contributed by atoms with van der Waals surface area (Å²) in [5, 5.41) is 2.58. The molecule has 0 bridgehead atoms. The van der Waals surface area contributed by atoms with Crippen molar-refractivity contribution >= 4 is 25.8 Å². The first-order valence-electron chi connectivity index (χ1n) is 11.6. The minimum Gasteiger partial charge on any atom is -0.446 e. The van der Waals surface area contributed by atoms with Gasteiger partial charge in [0.25, 0.3) is 0 Å². The Kier molecular flexibility index (Phi) is 8.44. The summed E-state index contributed by atoms with van der Waals surface area (Å²) in [4.78, 5) is 11.6. The maximum atomic E-state index is 17.1. The first-order valence-corrected chi connectivity index (χ1v) is 14.5. The third-order valence-electron chi connectivity index (χ3n) is 5.44. The van der Waals surface area contributed by atoms with Crippen molar-refractivity contribution in [3.8, 4) is 0 Å². The number of alkyl carbamates (subject to hydrolysis) is 1. The Labute approximate surface area is 217 Å². The molecule has 1 atom stereocenters. The second-order valence-corrected chi connectivity index (χ2v) is 14.1. The average Bonchev–Trinajstić information content (AvgIpc) is 2.84. The third-order valence-corrected chi connectivity index (χ3v) is 10.5. The van der Waals surface area contributed by atoms with Crippen LogP contribution in [0.2, 0.25) is 0 Å². The summed E-state index contributed by atoms with van der Waals surface area (Å²) in [6, 6.07) is 21.6. The predicted molar refractivity (Wildman–Crippen MR) is 139 cm³/mol. The van der Waals surface area contributed by atoms with E-state index in [0.29, 0.717) is 5.56 Å². The summed E-state index contributed by atoms with van der Waals surface area (Å²) in [6.45, 7) is 5.12.